The molecule has 0 aliphatic heterocycles. The van der Waals surface area contributed by atoms with Crippen molar-refractivity contribution in [1.29, 1.82) is 5.26 Å². The summed E-state index contributed by atoms with van der Waals surface area (Å²) >= 11 is 5.74. The van der Waals surface area contributed by atoms with E-state index in [-0.39, 0.29) is 0 Å². The summed E-state index contributed by atoms with van der Waals surface area (Å²) in [6.45, 7) is 0. The van der Waals surface area contributed by atoms with Gasteiger partial charge in [0.25, 0.3) is 0 Å². The molecule has 0 aliphatic carbocycles. The molecule has 0 spiro atoms. The second-order valence-corrected chi connectivity index (χ2v) is 5.39. The first kappa shape index (κ1) is 12.3. The van der Waals surface area contributed by atoms with Crippen LogP contribution < -0.4 is 5.32 Å². The van der Waals surface area contributed by atoms with E-state index in [1.807, 2.05) is 24.3 Å². The molecule has 1 N–H and O–H groups in total. The van der Waals surface area contributed by atoms with E-state index in [2.05, 4.69) is 48.8 Å². The Morgan fingerprint density at radius 3 is 2.71 bits per heavy atom. The van der Waals surface area contributed by atoms with Gasteiger partial charge in [0.1, 0.15) is 11.9 Å². The van der Waals surface area contributed by atoms with Crippen molar-refractivity contribution in [3.05, 3.63) is 50.1 Å². The van der Waals surface area contributed by atoms with Crippen LogP contribution in [-0.2, 0) is 0 Å². The molecule has 0 unspecified atom stereocenters. The van der Waals surface area contributed by atoms with E-state index in [9.17, 15) is 0 Å². The van der Waals surface area contributed by atoms with E-state index in [0.717, 1.165) is 13.7 Å². The van der Waals surface area contributed by atoms with E-state index in [0.29, 0.717) is 11.4 Å². The zero-order valence-corrected chi connectivity index (χ0v) is 12.4. The first-order chi connectivity index (χ1) is 8.19. The largest absolute Gasteiger partial charge is 0.339 e. The Labute approximate surface area is 121 Å². The molecule has 1 aromatic heterocycles. The first-order valence-corrected chi connectivity index (χ1v) is 6.64. The fraction of sp³-hybridized carbons (Fsp3) is 0. The van der Waals surface area contributed by atoms with Gasteiger partial charge in [-0.3, -0.25) is 0 Å². The van der Waals surface area contributed by atoms with Crippen molar-refractivity contribution in [2.24, 2.45) is 0 Å². The Morgan fingerprint density at radius 2 is 2.12 bits per heavy atom. The van der Waals surface area contributed by atoms with E-state index in [1.54, 1.807) is 18.3 Å². The summed E-state index contributed by atoms with van der Waals surface area (Å²) in [6.07, 6.45) is 1.54. The second kappa shape index (κ2) is 5.47. The highest BCUT2D eigenvalue weighted by Gasteiger charge is 2.01. The minimum atomic E-state index is 0.553. The standard InChI is InChI=1S/C12H7BrIN3/c13-10-5-9(14)2-3-11(10)17-12-4-1-8(6-15)7-16-12/h1-5,7H,(H,16,17). The summed E-state index contributed by atoms with van der Waals surface area (Å²) in [4.78, 5) is 4.15. The maximum atomic E-state index is 8.67. The van der Waals surface area contributed by atoms with Gasteiger partial charge in [-0.05, 0) is 68.9 Å². The number of aromatic nitrogens is 1. The molecule has 2 rings (SSSR count). The van der Waals surface area contributed by atoms with Crippen LogP contribution >= 0.6 is 38.5 Å². The molecule has 0 amide bonds. The third kappa shape index (κ3) is 3.17. The fourth-order valence-corrected chi connectivity index (χ4v) is 2.66. The lowest BCUT2D eigenvalue weighted by Gasteiger charge is -2.07. The van der Waals surface area contributed by atoms with E-state index in [1.165, 1.54) is 0 Å². The Balaban J connectivity index is 2.23. The molecule has 1 heterocycles. The zero-order chi connectivity index (χ0) is 12.3. The minimum absolute atomic E-state index is 0.553. The lowest BCUT2D eigenvalue weighted by atomic mass is 10.3. The monoisotopic (exact) mass is 399 g/mol. The van der Waals surface area contributed by atoms with Crippen LogP contribution in [0.5, 0.6) is 0 Å². The molecule has 0 radical (unpaired) electrons. The lowest BCUT2D eigenvalue weighted by molar-refractivity contribution is 1.28. The molecule has 0 atom stereocenters. The van der Waals surface area contributed by atoms with Gasteiger partial charge in [-0.1, -0.05) is 0 Å². The number of nitriles is 1. The number of nitrogens with one attached hydrogen (secondary N) is 1. The molecular weight excluding hydrogens is 393 g/mol. The van der Waals surface area contributed by atoms with Crippen molar-refractivity contribution < 1.29 is 0 Å². The summed E-state index contributed by atoms with van der Waals surface area (Å²) in [5.74, 6) is 0.714. The van der Waals surface area contributed by atoms with Crippen molar-refractivity contribution in [1.82, 2.24) is 4.98 Å². The van der Waals surface area contributed by atoms with Crippen LogP contribution in [0, 0.1) is 14.9 Å². The second-order valence-electron chi connectivity index (χ2n) is 3.29. The van der Waals surface area contributed by atoms with Crippen LogP contribution in [0.1, 0.15) is 5.56 Å². The Hall–Kier alpha value is -1.13. The van der Waals surface area contributed by atoms with Gasteiger partial charge in [0.15, 0.2) is 0 Å². The van der Waals surface area contributed by atoms with Crippen LogP contribution in [0.15, 0.2) is 41.0 Å². The molecule has 3 nitrogen and oxygen atoms in total. The van der Waals surface area contributed by atoms with Gasteiger partial charge in [0.05, 0.1) is 11.3 Å². The number of benzene rings is 1. The molecular formula is C12H7BrIN3. The predicted octanol–water partition coefficient (Wildman–Crippen LogP) is 4.06. The van der Waals surface area contributed by atoms with Crippen LogP contribution in [0.4, 0.5) is 11.5 Å². The third-order valence-electron chi connectivity index (χ3n) is 2.09. The van der Waals surface area contributed by atoms with Gasteiger partial charge in [0, 0.05) is 14.2 Å². The summed E-state index contributed by atoms with van der Waals surface area (Å²) in [6, 6.07) is 11.6. The van der Waals surface area contributed by atoms with Gasteiger partial charge in [-0.25, -0.2) is 4.98 Å². The van der Waals surface area contributed by atoms with E-state index >= 15 is 0 Å². The number of anilines is 2. The van der Waals surface area contributed by atoms with Crippen LogP contribution in [0.25, 0.3) is 0 Å². The predicted molar refractivity (Wildman–Crippen MR) is 79.1 cm³/mol. The van der Waals surface area contributed by atoms with Crippen LogP contribution in [-0.4, -0.2) is 4.98 Å². The Morgan fingerprint density at radius 1 is 1.29 bits per heavy atom. The number of nitrogens with zero attached hydrogens (tertiary/aromatic N) is 2. The Kier molecular flexibility index (Phi) is 3.97. The van der Waals surface area contributed by atoms with Crippen molar-refractivity contribution >= 4 is 50.0 Å². The van der Waals surface area contributed by atoms with Crippen molar-refractivity contribution in [3.63, 3.8) is 0 Å². The van der Waals surface area contributed by atoms with Gasteiger partial charge >= 0.3 is 0 Å². The average Bonchev–Trinajstić information content (AvgIpc) is 2.34. The smallest absolute Gasteiger partial charge is 0.130 e. The number of rotatable bonds is 2. The summed E-state index contributed by atoms with van der Waals surface area (Å²) in [7, 11) is 0. The van der Waals surface area contributed by atoms with E-state index < -0.39 is 0 Å². The molecule has 0 saturated carbocycles. The first-order valence-electron chi connectivity index (χ1n) is 4.77. The SMILES string of the molecule is N#Cc1ccc(Nc2ccc(I)cc2Br)nc1. The lowest BCUT2D eigenvalue weighted by Crippen LogP contribution is -1.94. The molecule has 1 aromatic carbocycles. The molecule has 17 heavy (non-hydrogen) atoms. The van der Waals surface area contributed by atoms with Crippen molar-refractivity contribution in [3.8, 4) is 6.07 Å². The van der Waals surface area contributed by atoms with E-state index in [4.69, 9.17) is 5.26 Å². The average molecular weight is 400 g/mol. The molecule has 2 aromatic rings. The maximum absolute atomic E-state index is 8.67. The zero-order valence-electron chi connectivity index (χ0n) is 8.61. The highest BCUT2D eigenvalue weighted by Crippen LogP contribution is 2.26. The molecule has 0 saturated heterocycles. The van der Waals surface area contributed by atoms with Crippen molar-refractivity contribution in [2.75, 3.05) is 5.32 Å². The number of hydrogen-bond donors (Lipinski definition) is 1. The molecule has 5 heteroatoms. The fourth-order valence-electron chi connectivity index (χ4n) is 1.26. The highest BCUT2D eigenvalue weighted by atomic mass is 127. The van der Waals surface area contributed by atoms with Crippen molar-refractivity contribution in [2.45, 2.75) is 0 Å². The summed E-state index contributed by atoms with van der Waals surface area (Å²) in [5, 5.41) is 11.9. The van der Waals surface area contributed by atoms with Gasteiger partial charge < -0.3 is 5.32 Å². The Bertz CT molecular complexity index is 575. The van der Waals surface area contributed by atoms with Crippen LogP contribution in [0.2, 0.25) is 0 Å². The maximum Gasteiger partial charge on any atom is 0.130 e. The third-order valence-corrected chi connectivity index (χ3v) is 3.41. The van der Waals surface area contributed by atoms with Gasteiger partial charge in [0.2, 0.25) is 0 Å². The molecule has 0 aliphatic rings. The van der Waals surface area contributed by atoms with Gasteiger partial charge in [-0.15, -0.1) is 0 Å². The number of halogens is 2. The molecule has 0 bridgehead atoms. The highest BCUT2D eigenvalue weighted by molar-refractivity contribution is 14.1. The normalized spacial score (nSPS) is 9.71. The molecule has 0 fully saturated rings. The topological polar surface area (TPSA) is 48.7 Å². The minimum Gasteiger partial charge on any atom is -0.339 e. The summed E-state index contributed by atoms with van der Waals surface area (Å²) in [5.41, 5.74) is 1.50. The quantitative estimate of drug-likeness (QED) is 0.774. The summed E-state index contributed by atoms with van der Waals surface area (Å²) < 4.78 is 2.14. The number of pyridine rings is 1. The molecule has 84 valence electrons. The number of hydrogen-bond acceptors (Lipinski definition) is 3. The van der Waals surface area contributed by atoms with Crippen LogP contribution in [0.3, 0.4) is 0 Å². The van der Waals surface area contributed by atoms with Gasteiger partial charge in [-0.2, -0.15) is 5.26 Å².